The molecule has 0 heterocycles. The Kier molecular flexibility index (Phi) is 4.96. The highest BCUT2D eigenvalue weighted by Gasteiger charge is 2.30. The molecule has 0 atom stereocenters. The normalized spacial score (nSPS) is 13.3. The minimum Gasteiger partial charge on any atom is -0.525 e. The highest BCUT2D eigenvalue weighted by molar-refractivity contribution is 6.05. The van der Waals surface area contributed by atoms with E-state index < -0.39 is 23.5 Å². The van der Waals surface area contributed by atoms with Crippen molar-refractivity contribution in [2.45, 2.75) is 59.0 Å². The Bertz CT molecular complexity index is 198. The number of rotatable bonds is 3. The predicted molar refractivity (Wildman–Crippen MR) is 61.5 cm³/mol. The fourth-order valence-corrected chi connectivity index (χ4v) is 1.05. The van der Waals surface area contributed by atoms with Crippen LogP contribution in [0.25, 0.3) is 0 Å². The Morgan fingerprint density at radius 2 is 1.33 bits per heavy atom. The first-order valence-electron chi connectivity index (χ1n) is 4.98. The van der Waals surface area contributed by atoms with Gasteiger partial charge >= 0.3 is 5.97 Å². The number of ether oxygens (including phenoxy) is 2. The van der Waals surface area contributed by atoms with Crippen LogP contribution in [0.1, 0.15) is 41.5 Å². The third-order valence-corrected chi connectivity index (χ3v) is 1.72. The van der Waals surface area contributed by atoms with E-state index in [4.69, 9.17) is 13.9 Å². The lowest BCUT2D eigenvalue weighted by molar-refractivity contribution is -0.238. The molecule has 0 fully saturated rings. The summed E-state index contributed by atoms with van der Waals surface area (Å²) in [6.45, 7) is 11.2. The third kappa shape index (κ3) is 7.53. The lowest BCUT2D eigenvalue weighted by Crippen LogP contribution is -2.40. The van der Waals surface area contributed by atoms with Gasteiger partial charge in [-0.05, 0) is 41.5 Å². The molecule has 4 nitrogen and oxygen atoms in total. The molecule has 0 saturated heterocycles. The van der Waals surface area contributed by atoms with Gasteiger partial charge in [-0.15, -0.1) is 0 Å². The van der Waals surface area contributed by atoms with Gasteiger partial charge in [0.1, 0.15) is 0 Å². The summed E-state index contributed by atoms with van der Waals surface area (Å²) < 4.78 is 15.7. The SMILES string of the molecule is CC(C)(C)OC(OC(C)(C)C)C(=O)O[SiH3]. The van der Waals surface area contributed by atoms with Crippen molar-refractivity contribution in [1.29, 1.82) is 0 Å². The molecule has 0 aliphatic carbocycles. The van der Waals surface area contributed by atoms with Gasteiger partial charge in [0.25, 0.3) is 6.29 Å². The molecular weight excluding hydrogens is 212 g/mol. The van der Waals surface area contributed by atoms with Crippen molar-refractivity contribution in [2.24, 2.45) is 0 Å². The van der Waals surface area contributed by atoms with Crippen molar-refractivity contribution in [2.75, 3.05) is 0 Å². The summed E-state index contributed by atoms with van der Waals surface area (Å²) >= 11 is 0. The van der Waals surface area contributed by atoms with E-state index in [1.54, 1.807) is 0 Å². The number of hydrogen-bond acceptors (Lipinski definition) is 4. The second-order valence-electron chi connectivity index (χ2n) is 5.32. The molecule has 5 heteroatoms. The molecule has 0 spiro atoms. The highest BCUT2D eigenvalue weighted by Crippen LogP contribution is 2.18. The molecule has 0 rings (SSSR count). The van der Waals surface area contributed by atoms with Gasteiger partial charge < -0.3 is 13.9 Å². The first-order chi connectivity index (χ1) is 6.55. The van der Waals surface area contributed by atoms with Crippen LogP contribution in [0.2, 0.25) is 0 Å². The quantitative estimate of drug-likeness (QED) is 0.534. The van der Waals surface area contributed by atoms with E-state index in [0.717, 1.165) is 0 Å². The molecule has 0 saturated carbocycles. The minimum absolute atomic E-state index is 0.344. The Morgan fingerprint density at radius 1 is 1.00 bits per heavy atom. The van der Waals surface area contributed by atoms with Crippen LogP contribution in [-0.2, 0) is 18.7 Å². The molecule has 0 aliphatic heterocycles. The maximum atomic E-state index is 11.4. The second kappa shape index (κ2) is 5.09. The van der Waals surface area contributed by atoms with Gasteiger partial charge in [-0.3, -0.25) is 0 Å². The molecular formula is C10H22O4Si. The van der Waals surface area contributed by atoms with Crippen LogP contribution in [0.5, 0.6) is 0 Å². The van der Waals surface area contributed by atoms with Crippen molar-refractivity contribution < 1.29 is 18.7 Å². The van der Waals surface area contributed by atoms with E-state index in [1.807, 2.05) is 41.5 Å². The summed E-state index contributed by atoms with van der Waals surface area (Å²) in [5, 5.41) is 0. The number of hydrogen-bond donors (Lipinski definition) is 0. The Balaban J connectivity index is 4.53. The zero-order valence-electron chi connectivity index (χ0n) is 10.7. The van der Waals surface area contributed by atoms with E-state index in [0.29, 0.717) is 10.5 Å². The first kappa shape index (κ1) is 14.6. The van der Waals surface area contributed by atoms with Gasteiger partial charge in [-0.2, -0.15) is 0 Å². The van der Waals surface area contributed by atoms with Crippen molar-refractivity contribution in [3.63, 3.8) is 0 Å². The number of carbonyl (C=O) groups excluding carboxylic acids is 1. The van der Waals surface area contributed by atoms with Gasteiger partial charge in [0.2, 0.25) is 10.5 Å². The zero-order valence-corrected chi connectivity index (χ0v) is 12.7. The van der Waals surface area contributed by atoms with E-state index in [-0.39, 0.29) is 0 Å². The Labute approximate surface area is 94.8 Å². The molecule has 0 aromatic rings. The predicted octanol–water partition coefficient (Wildman–Crippen LogP) is 0.766. The smallest absolute Gasteiger partial charge is 0.349 e. The lowest BCUT2D eigenvalue weighted by atomic mass is 10.2. The van der Waals surface area contributed by atoms with Crippen LogP contribution in [0, 0.1) is 0 Å². The fraction of sp³-hybridized carbons (Fsp3) is 0.900. The molecule has 15 heavy (non-hydrogen) atoms. The summed E-state index contributed by atoms with van der Waals surface area (Å²) in [5.41, 5.74) is -0.878. The molecule has 0 aromatic heterocycles. The Morgan fingerprint density at radius 3 is 1.53 bits per heavy atom. The van der Waals surface area contributed by atoms with Crippen LogP contribution < -0.4 is 0 Å². The molecule has 0 bridgehead atoms. The summed E-state index contributed by atoms with van der Waals surface area (Å²) in [4.78, 5) is 11.4. The van der Waals surface area contributed by atoms with Gasteiger partial charge in [-0.1, -0.05) is 0 Å². The van der Waals surface area contributed by atoms with Gasteiger partial charge in [-0.25, -0.2) is 4.79 Å². The fourth-order valence-electron chi connectivity index (χ4n) is 0.859. The molecule has 0 amide bonds. The molecule has 0 N–H and O–H groups in total. The van der Waals surface area contributed by atoms with E-state index in [1.165, 1.54) is 0 Å². The first-order valence-corrected chi connectivity index (χ1v) is 5.80. The van der Waals surface area contributed by atoms with E-state index in [9.17, 15) is 4.79 Å². The molecule has 0 aliphatic rings. The van der Waals surface area contributed by atoms with Crippen molar-refractivity contribution in [1.82, 2.24) is 0 Å². The minimum atomic E-state index is -0.942. The zero-order chi connectivity index (χ0) is 12.3. The lowest BCUT2D eigenvalue weighted by Gasteiger charge is -2.30. The van der Waals surface area contributed by atoms with E-state index in [2.05, 4.69) is 0 Å². The summed E-state index contributed by atoms with van der Waals surface area (Å²) in [5.74, 6) is -0.452. The standard InChI is InChI=1S/C10H22O4Si/c1-9(2,3)12-8(7(11)14-15)13-10(4,5)6/h8H,1-6,15H3. The van der Waals surface area contributed by atoms with Crippen LogP contribution in [0.3, 0.4) is 0 Å². The van der Waals surface area contributed by atoms with Crippen LogP contribution in [0.15, 0.2) is 0 Å². The average Bonchev–Trinajstić information content (AvgIpc) is 1.96. The largest absolute Gasteiger partial charge is 0.525 e. The topological polar surface area (TPSA) is 44.8 Å². The highest BCUT2D eigenvalue weighted by atomic mass is 28.2. The summed E-state index contributed by atoms with van der Waals surface area (Å²) in [6, 6.07) is 0. The average molecular weight is 234 g/mol. The molecule has 0 radical (unpaired) electrons. The summed E-state index contributed by atoms with van der Waals surface area (Å²) in [7, 11) is 0.344. The third-order valence-electron chi connectivity index (χ3n) is 1.31. The van der Waals surface area contributed by atoms with Crippen LogP contribution in [0.4, 0.5) is 0 Å². The monoisotopic (exact) mass is 234 g/mol. The van der Waals surface area contributed by atoms with Crippen molar-refractivity contribution >= 4 is 16.5 Å². The van der Waals surface area contributed by atoms with Crippen LogP contribution >= 0.6 is 0 Å². The van der Waals surface area contributed by atoms with Crippen molar-refractivity contribution in [3.8, 4) is 0 Å². The summed E-state index contributed by atoms with van der Waals surface area (Å²) in [6.07, 6.45) is -0.942. The maximum Gasteiger partial charge on any atom is 0.349 e. The van der Waals surface area contributed by atoms with Crippen LogP contribution in [-0.4, -0.2) is 33.9 Å². The molecule has 0 unspecified atom stereocenters. The van der Waals surface area contributed by atoms with Gasteiger partial charge in [0.05, 0.1) is 11.2 Å². The van der Waals surface area contributed by atoms with Crippen molar-refractivity contribution in [3.05, 3.63) is 0 Å². The van der Waals surface area contributed by atoms with Gasteiger partial charge in [0.15, 0.2) is 0 Å². The maximum absolute atomic E-state index is 11.4. The van der Waals surface area contributed by atoms with E-state index >= 15 is 0 Å². The number of carbonyl (C=O) groups is 1. The second-order valence-corrected chi connectivity index (χ2v) is 5.72. The van der Waals surface area contributed by atoms with Gasteiger partial charge in [0, 0.05) is 0 Å². The molecule has 0 aromatic carbocycles. The Hall–Kier alpha value is -0.393. The molecule has 90 valence electrons.